The topological polar surface area (TPSA) is 113 Å². The van der Waals surface area contributed by atoms with Crippen LogP contribution in [0.25, 0.3) is 0 Å². The number of hydrazone groups is 1. The standard InChI is InChI=1S/C18H20N4O4/c1-12-5-3-6-14(9-12)20-17(24)18(25)22-21-13(2)10-16(23)19-11-15-7-4-8-26-15/h3-9H,10-11H2,1-2H3,(H,19,23)(H,20,24)(H,22,25). The van der Waals surface area contributed by atoms with Crippen LogP contribution in [0.4, 0.5) is 5.69 Å². The molecule has 0 spiro atoms. The maximum absolute atomic E-state index is 11.8. The van der Waals surface area contributed by atoms with Crippen LogP contribution in [0.15, 0.2) is 52.2 Å². The molecule has 0 unspecified atom stereocenters. The Morgan fingerprint density at radius 1 is 1.12 bits per heavy atom. The molecule has 3 amide bonds. The molecule has 1 aromatic carbocycles. The van der Waals surface area contributed by atoms with E-state index < -0.39 is 11.8 Å². The third-order valence-corrected chi connectivity index (χ3v) is 3.29. The van der Waals surface area contributed by atoms with Crippen LogP contribution >= 0.6 is 0 Å². The molecule has 0 aliphatic carbocycles. The predicted octanol–water partition coefficient (Wildman–Crippen LogP) is 1.73. The van der Waals surface area contributed by atoms with Crippen LogP contribution in [0.1, 0.15) is 24.7 Å². The van der Waals surface area contributed by atoms with Crippen LogP contribution in [0.2, 0.25) is 0 Å². The van der Waals surface area contributed by atoms with Gasteiger partial charge in [0.05, 0.1) is 19.2 Å². The Morgan fingerprint density at radius 3 is 2.62 bits per heavy atom. The van der Waals surface area contributed by atoms with E-state index in [9.17, 15) is 14.4 Å². The SMILES string of the molecule is CC(CC(=O)NCc1ccco1)=NNC(=O)C(=O)Nc1cccc(C)c1. The molecule has 1 aromatic heterocycles. The largest absolute Gasteiger partial charge is 0.467 e. The van der Waals surface area contributed by atoms with Crippen LogP contribution < -0.4 is 16.1 Å². The fraction of sp³-hybridized carbons (Fsp3) is 0.222. The van der Waals surface area contributed by atoms with Gasteiger partial charge in [0, 0.05) is 11.4 Å². The summed E-state index contributed by atoms with van der Waals surface area (Å²) in [5.74, 6) is -1.40. The van der Waals surface area contributed by atoms with Crippen molar-refractivity contribution in [2.45, 2.75) is 26.8 Å². The number of hydrogen-bond acceptors (Lipinski definition) is 5. The van der Waals surface area contributed by atoms with Crippen LogP contribution in [0.5, 0.6) is 0 Å². The van der Waals surface area contributed by atoms with E-state index in [0.717, 1.165) is 5.56 Å². The number of hydrogen-bond donors (Lipinski definition) is 3. The number of rotatable bonds is 6. The Bertz CT molecular complexity index is 812. The van der Waals surface area contributed by atoms with Crippen molar-refractivity contribution < 1.29 is 18.8 Å². The van der Waals surface area contributed by atoms with Gasteiger partial charge in [-0.15, -0.1) is 0 Å². The van der Waals surface area contributed by atoms with E-state index in [2.05, 4.69) is 21.2 Å². The molecule has 0 fully saturated rings. The second-order valence-corrected chi connectivity index (χ2v) is 5.64. The summed E-state index contributed by atoms with van der Waals surface area (Å²) in [6.45, 7) is 3.72. The molecule has 0 bridgehead atoms. The van der Waals surface area contributed by atoms with Gasteiger partial charge in [0.15, 0.2) is 0 Å². The summed E-state index contributed by atoms with van der Waals surface area (Å²) >= 11 is 0. The zero-order valence-electron chi connectivity index (χ0n) is 14.5. The number of benzene rings is 1. The van der Waals surface area contributed by atoms with Crippen molar-refractivity contribution in [3.63, 3.8) is 0 Å². The lowest BCUT2D eigenvalue weighted by Gasteiger charge is -2.06. The minimum absolute atomic E-state index is 0.0134. The summed E-state index contributed by atoms with van der Waals surface area (Å²) in [7, 11) is 0. The minimum atomic E-state index is -0.915. The van der Waals surface area contributed by atoms with Crippen molar-refractivity contribution in [2.24, 2.45) is 5.10 Å². The van der Waals surface area contributed by atoms with Crippen molar-refractivity contribution in [3.05, 3.63) is 54.0 Å². The zero-order valence-corrected chi connectivity index (χ0v) is 14.5. The molecular weight excluding hydrogens is 336 g/mol. The molecule has 8 heteroatoms. The monoisotopic (exact) mass is 356 g/mol. The molecule has 3 N–H and O–H groups in total. The molecule has 0 saturated heterocycles. The molecular formula is C18H20N4O4. The lowest BCUT2D eigenvalue weighted by molar-refractivity contribution is -0.136. The third kappa shape index (κ3) is 6.23. The Balaban J connectivity index is 1.76. The van der Waals surface area contributed by atoms with Gasteiger partial charge >= 0.3 is 11.8 Å². The van der Waals surface area contributed by atoms with Crippen molar-refractivity contribution in [3.8, 4) is 0 Å². The smallest absolute Gasteiger partial charge is 0.329 e. The van der Waals surface area contributed by atoms with Gasteiger partial charge in [0.2, 0.25) is 5.91 Å². The van der Waals surface area contributed by atoms with Gasteiger partial charge in [-0.05, 0) is 43.7 Å². The highest BCUT2D eigenvalue weighted by Gasteiger charge is 2.13. The fourth-order valence-corrected chi connectivity index (χ4v) is 2.04. The van der Waals surface area contributed by atoms with E-state index in [0.29, 0.717) is 17.2 Å². The molecule has 2 aromatic rings. The Hall–Kier alpha value is -3.42. The predicted molar refractivity (Wildman–Crippen MR) is 96.2 cm³/mol. The van der Waals surface area contributed by atoms with E-state index in [-0.39, 0.29) is 18.9 Å². The summed E-state index contributed by atoms with van der Waals surface area (Å²) < 4.78 is 5.10. The molecule has 8 nitrogen and oxygen atoms in total. The second kappa shape index (κ2) is 9.16. The third-order valence-electron chi connectivity index (χ3n) is 3.29. The zero-order chi connectivity index (χ0) is 18.9. The maximum atomic E-state index is 11.8. The molecule has 136 valence electrons. The van der Waals surface area contributed by atoms with Crippen molar-refractivity contribution >= 4 is 29.1 Å². The highest BCUT2D eigenvalue weighted by atomic mass is 16.3. The first-order valence-electron chi connectivity index (χ1n) is 7.94. The Labute approximate surface area is 150 Å². The van der Waals surface area contributed by atoms with Gasteiger partial charge in [-0.25, -0.2) is 5.43 Å². The molecule has 0 saturated carbocycles. The number of amides is 3. The van der Waals surface area contributed by atoms with Crippen LogP contribution in [0, 0.1) is 6.92 Å². The number of nitrogens with one attached hydrogen (secondary N) is 3. The van der Waals surface area contributed by atoms with Gasteiger partial charge < -0.3 is 15.1 Å². The Kier molecular flexibility index (Phi) is 6.67. The van der Waals surface area contributed by atoms with Crippen molar-refractivity contribution in [1.82, 2.24) is 10.7 Å². The summed E-state index contributed by atoms with van der Waals surface area (Å²) in [5.41, 5.74) is 3.96. The molecule has 0 aliphatic rings. The van der Waals surface area contributed by atoms with E-state index in [4.69, 9.17) is 4.42 Å². The average molecular weight is 356 g/mol. The maximum Gasteiger partial charge on any atom is 0.329 e. The quantitative estimate of drug-likeness (QED) is 0.415. The lowest BCUT2D eigenvalue weighted by atomic mass is 10.2. The van der Waals surface area contributed by atoms with Gasteiger partial charge in [0.1, 0.15) is 5.76 Å². The minimum Gasteiger partial charge on any atom is -0.467 e. The summed E-state index contributed by atoms with van der Waals surface area (Å²) in [4.78, 5) is 35.3. The first-order valence-corrected chi connectivity index (χ1v) is 7.94. The number of nitrogens with zero attached hydrogens (tertiary/aromatic N) is 1. The van der Waals surface area contributed by atoms with Crippen molar-refractivity contribution in [1.29, 1.82) is 0 Å². The van der Waals surface area contributed by atoms with Gasteiger partial charge in [-0.3, -0.25) is 14.4 Å². The molecule has 0 radical (unpaired) electrons. The first-order chi connectivity index (χ1) is 12.4. The number of carbonyl (C=O) groups is 3. The summed E-state index contributed by atoms with van der Waals surface area (Å²) in [6, 6.07) is 10.5. The highest BCUT2D eigenvalue weighted by molar-refractivity contribution is 6.39. The number of carbonyl (C=O) groups excluding carboxylic acids is 3. The van der Waals surface area contributed by atoms with Gasteiger partial charge in [-0.1, -0.05) is 12.1 Å². The van der Waals surface area contributed by atoms with Crippen LogP contribution in [0.3, 0.4) is 0 Å². The fourth-order valence-electron chi connectivity index (χ4n) is 2.04. The van der Waals surface area contributed by atoms with Gasteiger partial charge in [0.25, 0.3) is 0 Å². The molecule has 26 heavy (non-hydrogen) atoms. The molecule has 2 rings (SSSR count). The molecule has 0 atom stereocenters. The number of furan rings is 1. The first kappa shape index (κ1) is 18.9. The lowest BCUT2D eigenvalue weighted by Crippen LogP contribution is -2.33. The van der Waals surface area contributed by atoms with Crippen LogP contribution in [-0.2, 0) is 20.9 Å². The van der Waals surface area contributed by atoms with Crippen LogP contribution in [-0.4, -0.2) is 23.4 Å². The van der Waals surface area contributed by atoms with Gasteiger partial charge in [-0.2, -0.15) is 5.10 Å². The van der Waals surface area contributed by atoms with E-state index in [1.54, 1.807) is 37.3 Å². The van der Waals surface area contributed by atoms with E-state index >= 15 is 0 Å². The number of aryl methyl sites for hydroxylation is 1. The molecule has 1 heterocycles. The average Bonchev–Trinajstić information content (AvgIpc) is 3.11. The number of anilines is 1. The van der Waals surface area contributed by atoms with E-state index in [1.807, 2.05) is 13.0 Å². The second-order valence-electron chi connectivity index (χ2n) is 5.64. The van der Waals surface area contributed by atoms with E-state index in [1.165, 1.54) is 6.26 Å². The van der Waals surface area contributed by atoms with Crippen molar-refractivity contribution in [2.75, 3.05) is 5.32 Å². The summed E-state index contributed by atoms with van der Waals surface area (Å²) in [6.07, 6.45) is 1.51. The molecule has 0 aliphatic heterocycles. The normalized spacial score (nSPS) is 10.9. The summed E-state index contributed by atoms with van der Waals surface area (Å²) in [5, 5.41) is 8.89. The Morgan fingerprint density at radius 2 is 1.92 bits per heavy atom. The highest BCUT2D eigenvalue weighted by Crippen LogP contribution is 2.09.